The zero-order valence-electron chi connectivity index (χ0n) is 24.4. The fourth-order valence-electron chi connectivity index (χ4n) is 4.52. The molecule has 0 fully saturated rings. The van der Waals surface area contributed by atoms with Gasteiger partial charge in [-0.3, -0.25) is 9.78 Å². The zero-order chi connectivity index (χ0) is 28.3. The largest absolute Gasteiger partial charge is 0.493 e. The number of unbranched alkanes of at least 4 members (excludes halogenated alkanes) is 8. The van der Waals surface area contributed by atoms with Crippen LogP contribution in [0, 0.1) is 19.3 Å². The predicted molar refractivity (Wildman–Crippen MR) is 157 cm³/mol. The van der Waals surface area contributed by atoms with Gasteiger partial charge >= 0.3 is 11.6 Å². The molecule has 0 aliphatic carbocycles. The Morgan fingerprint density at radius 3 is 2.18 bits per heavy atom. The standard InChI is InChI=1S/C33H45NO5/c1-6-33(4,5)32(36)38-19-15-13-11-9-7-8-10-12-14-18-37-30-21-24(2)27(20-25(30)3)28-22-26-23-34-17-16-29(26)39-31(28)35/h16-17,20-23H,6-15,18-19H2,1-5H3. The van der Waals surface area contributed by atoms with E-state index in [0.717, 1.165) is 59.9 Å². The Balaban J connectivity index is 1.30. The number of aromatic nitrogens is 1. The summed E-state index contributed by atoms with van der Waals surface area (Å²) < 4.78 is 17.0. The zero-order valence-corrected chi connectivity index (χ0v) is 24.4. The number of nitrogens with zero attached hydrogens (tertiary/aromatic N) is 1. The van der Waals surface area contributed by atoms with Crippen LogP contribution in [-0.2, 0) is 9.53 Å². The van der Waals surface area contributed by atoms with Crippen LogP contribution in [0.15, 0.2) is 45.9 Å². The average Bonchev–Trinajstić information content (AvgIpc) is 2.92. The first-order chi connectivity index (χ1) is 18.7. The van der Waals surface area contributed by atoms with Gasteiger partial charge in [0.25, 0.3) is 0 Å². The van der Waals surface area contributed by atoms with Crippen molar-refractivity contribution >= 4 is 16.9 Å². The Morgan fingerprint density at radius 1 is 0.872 bits per heavy atom. The molecule has 2 heterocycles. The van der Waals surface area contributed by atoms with E-state index in [0.29, 0.717) is 24.4 Å². The fraction of sp³-hybridized carbons (Fsp3) is 0.545. The number of benzene rings is 1. The van der Waals surface area contributed by atoms with Crippen LogP contribution in [0.4, 0.5) is 0 Å². The van der Waals surface area contributed by atoms with E-state index in [1.165, 1.54) is 32.1 Å². The topological polar surface area (TPSA) is 78.6 Å². The lowest BCUT2D eigenvalue weighted by Gasteiger charge is -2.20. The number of hydrogen-bond acceptors (Lipinski definition) is 6. The lowest BCUT2D eigenvalue weighted by atomic mass is 9.91. The number of ether oxygens (including phenoxy) is 2. The first kappa shape index (κ1) is 30.4. The van der Waals surface area contributed by atoms with E-state index >= 15 is 0 Å². The number of esters is 1. The van der Waals surface area contributed by atoms with E-state index < -0.39 is 0 Å². The average molecular weight is 536 g/mol. The lowest BCUT2D eigenvalue weighted by molar-refractivity contribution is -0.154. The van der Waals surface area contributed by atoms with Crippen LogP contribution in [0.1, 0.15) is 96.1 Å². The minimum absolute atomic E-state index is 0.0792. The van der Waals surface area contributed by atoms with Crippen molar-refractivity contribution in [1.29, 1.82) is 0 Å². The summed E-state index contributed by atoms with van der Waals surface area (Å²) in [7, 11) is 0. The van der Waals surface area contributed by atoms with Crippen molar-refractivity contribution in [3.63, 3.8) is 0 Å². The Morgan fingerprint density at radius 2 is 1.51 bits per heavy atom. The molecule has 0 bridgehead atoms. The maximum absolute atomic E-state index is 12.6. The van der Waals surface area contributed by atoms with Crippen LogP contribution < -0.4 is 10.4 Å². The number of carbonyl (C=O) groups excluding carboxylic acids is 1. The van der Waals surface area contributed by atoms with Gasteiger partial charge in [-0.15, -0.1) is 0 Å². The second-order valence-electron chi connectivity index (χ2n) is 11.2. The number of aryl methyl sites for hydroxylation is 2. The molecular formula is C33H45NO5. The highest BCUT2D eigenvalue weighted by Gasteiger charge is 2.26. The summed E-state index contributed by atoms with van der Waals surface area (Å²) in [4.78, 5) is 28.7. The van der Waals surface area contributed by atoms with Crippen molar-refractivity contribution in [1.82, 2.24) is 4.98 Å². The molecule has 0 unspecified atom stereocenters. The van der Waals surface area contributed by atoms with E-state index in [2.05, 4.69) is 4.98 Å². The summed E-state index contributed by atoms with van der Waals surface area (Å²) in [5.41, 5.74) is 3.22. The van der Waals surface area contributed by atoms with E-state index in [1.54, 1.807) is 18.5 Å². The highest BCUT2D eigenvalue weighted by Crippen LogP contribution is 2.30. The molecule has 0 aliphatic rings. The minimum atomic E-state index is -0.371. The Bertz CT molecular complexity index is 1280. The van der Waals surface area contributed by atoms with Gasteiger partial charge in [0.15, 0.2) is 0 Å². The minimum Gasteiger partial charge on any atom is -0.493 e. The Hall–Kier alpha value is -3.15. The molecule has 0 amide bonds. The molecule has 0 atom stereocenters. The molecular weight excluding hydrogens is 490 g/mol. The molecule has 0 saturated heterocycles. The van der Waals surface area contributed by atoms with Crippen LogP contribution in [-0.4, -0.2) is 24.2 Å². The third kappa shape index (κ3) is 8.94. The van der Waals surface area contributed by atoms with Crippen LogP contribution in [0.25, 0.3) is 22.1 Å². The summed E-state index contributed by atoms with van der Waals surface area (Å²) in [5.74, 6) is 0.788. The first-order valence-corrected chi connectivity index (χ1v) is 14.5. The van der Waals surface area contributed by atoms with Gasteiger partial charge in [0.2, 0.25) is 0 Å². The maximum atomic E-state index is 12.6. The van der Waals surface area contributed by atoms with E-state index in [-0.39, 0.29) is 17.0 Å². The summed E-state index contributed by atoms with van der Waals surface area (Å²) in [5, 5.41) is 0.804. The predicted octanol–water partition coefficient (Wildman–Crippen LogP) is 8.34. The van der Waals surface area contributed by atoms with Gasteiger partial charge in [-0.05, 0) is 87.9 Å². The second kappa shape index (κ2) is 14.9. The van der Waals surface area contributed by atoms with Gasteiger partial charge in [0.1, 0.15) is 11.3 Å². The highest BCUT2D eigenvalue weighted by atomic mass is 16.5. The molecule has 6 nitrogen and oxygen atoms in total. The molecule has 212 valence electrons. The third-order valence-corrected chi connectivity index (χ3v) is 7.56. The van der Waals surface area contributed by atoms with E-state index in [1.807, 2.05) is 52.8 Å². The Labute approximate surface area is 233 Å². The molecule has 2 aromatic heterocycles. The number of fused-ring (bicyclic) bond motifs is 1. The monoisotopic (exact) mass is 535 g/mol. The smallest absolute Gasteiger partial charge is 0.344 e. The Kier molecular flexibility index (Phi) is 11.6. The van der Waals surface area contributed by atoms with Gasteiger partial charge in [0.05, 0.1) is 24.2 Å². The SMILES string of the molecule is CCC(C)(C)C(=O)OCCCCCCCCCCCOc1cc(C)c(-c2cc3cnccc3oc2=O)cc1C. The molecule has 1 aromatic carbocycles. The van der Waals surface area contributed by atoms with Crippen molar-refractivity contribution in [2.45, 2.75) is 98.8 Å². The molecule has 0 N–H and O–H groups in total. The lowest BCUT2D eigenvalue weighted by Crippen LogP contribution is -2.26. The van der Waals surface area contributed by atoms with Crippen LogP contribution in [0.2, 0.25) is 0 Å². The summed E-state index contributed by atoms with van der Waals surface area (Å²) in [6.07, 6.45) is 14.5. The summed E-state index contributed by atoms with van der Waals surface area (Å²) >= 11 is 0. The highest BCUT2D eigenvalue weighted by molar-refractivity contribution is 5.81. The van der Waals surface area contributed by atoms with Crippen molar-refractivity contribution in [2.24, 2.45) is 5.41 Å². The molecule has 3 aromatic rings. The van der Waals surface area contributed by atoms with Gasteiger partial charge in [-0.2, -0.15) is 0 Å². The third-order valence-electron chi connectivity index (χ3n) is 7.56. The molecule has 0 radical (unpaired) electrons. The molecule has 0 aliphatic heterocycles. The number of hydrogen-bond donors (Lipinski definition) is 0. The number of pyridine rings is 1. The summed E-state index contributed by atoms with van der Waals surface area (Å²) in [6, 6.07) is 7.58. The molecule has 3 rings (SSSR count). The van der Waals surface area contributed by atoms with Gasteiger partial charge in [-0.25, -0.2) is 4.79 Å². The van der Waals surface area contributed by atoms with Crippen molar-refractivity contribution < 1.29 is 18.7 Å². The van der Waals surface area contributed by atoms with Gasteiger partial charge < -0.3 is 13.9 Å². The fourth-order valence-corrected chi connectivity index (χ4v) is 4.52. The second-order valence-corrected chi connectivity index (χ2v) is 11.2. The molecule has 0 saturated carbocycles. The first-order valence-electron chi connectivity index (χ1n) is 14.5. The maximum Gasteiger partial charge on any atom is 0.344 e. The van der Waals surface area contributed by atoms with Crippen LogP contribution in [0.3, 0.4) is 0 Å². The molecule has 6 heteroatoms. The number of rotatable bonds is 16. The summed E-state index contributed by atoms with van der Waals surface area (Å²) in [6.45, 7) is 11.1. The van der Waals surface area contributed by atoms with Gasteiger partial charge in [-0.1, -0.05) is 51.9 Å². The van der Waals surface area contributed by atoms with Crippen molar-refractivity contribution in [3.05, 3.63) is 58.2 Å². The normalized spacial score (nSPS) is 11.6. The quantitative estimate of drug-likeness (QED) is 0.135. The van der Waals surface area contributed by atoms with Crippen molar-refractivity contribution in [3.8, 4) is 16.9 Å². The van der Waals surface area contributed by atoms with Crippen molar-refractivity contribution in [2.75, 3.05) is 13.2 Å². The molecule has 0 spiro atoms. The van der Waals surface area contributed by atoms with Crippen LogP contribution >= 0.6 is 0 Å². The van der Waals surface area contributed by atoms with E-state index in [9.17, 15) is 9.59 Å². The molecule has 39 heavy (non-hydrogen) atoms. The van der Waals surface area contributed by atoms with Crippen LogP contribution in [0.5, 0.6) is 5.75 Å². The van der Waals surface area contributed by atoms with Gasteiger partial charge in [0, 0.05) is 17.8 Å². The number of carbonyl (C=O) groups is 1. The van der Waals surface area contributed by atoms with E-state index in [4.69, 9.17) is 13.9 Å².